The molecule has 2 rings (SSSR count). The quantitative estimate of drug-likeness (QED) is 0.855. The van der Waals surface area contributed by atoms with E-state index in [0.717, 1.165) is 32.5 Å². The molecule has 1 fully saturated rings. The largest absolute Gasteiger partial charge is 0.508 e. The third-order valence-corrected chi connectivity index (χ3v) is 5.58. The van der Waals surface area contributed by atoms with Crippen LogP contribution in [0.4, 0.5) is 0 Å². The third-order valence-electron chi connectivity index (χ3n) is 5.58. The molecule has 1 heterocycles. The number of rotatable bonds is 5. The fourth-order valence-corrected chi connectivity index (χ4v) is 3.46. The number of benzene rings is 1. The van der Waals surface area contributed by atoms with Crippen molar-refractivity contribution >= 4 is 12.4 Å². The molecule has 1 aliphatic heterocycles. The molecule has 1 aromatic carbocycles. The maximum Gasteiger partial charge on any atom is 0.115 e. The Hall–Kier alpha value is -0.770. The zero-order valence-electron chi connectivity index (χ0n) is 14.8. The summed E-state index contributed by atoms with van der Waals surface area (Å²) in [5.41, 5.74) is 1.35. The summed E-state index contributed by atoms with van der Waals surface area (Å²) >= 11 is 0. The van der Waals surface area contributed by atoms with E-state index in [-0.39, 0.29) is 23.9 Å². The number of piperidine rings is 1. The van der Waals surface area contributed by atoms with Gasteiger partial charge in [-0.1, -0.05) is 39.8 Å². The molecule has 0 unspecified atom stereocenters. The summed E-state index contributed by atoms with van der Waals surface area (Å²) < 4.78 is 0. The van der Waals surface area contributed by atoms with E-state index in [1.54, 1.807) is 6.07 Å². The Morgan fingerprint density at radius 2 is 2.04 bits per heavy atom. The number of aliphatic hydroxyl groups excluding tert-OH is 1. The van der Waals surface area contributed by atoms with E-state index in [4.69, 9.17) is 0 Å². The second kappa shape index (κ2) is 8.36. The molecule has 3 nitrogen and oxygen atoms in total. The van der Waals surface area contributed by atoms with E-state index in [0.29, 0.717) is 17.6 Å². The van der Waals surface area contributed by atoms with Gasteiger partial charge in [-0.25, -0.2) is 0 Å². The lowest BCUT2D eigenvalue weighted by molar-refractivity contribution is 0.0702. The lowest BCUT2D eigenvalue weighted by Gasteiger charge is -2.45. The zero-order chi connectivity index (χ0) is 16.3. The van der Waals surface area contributed by atoms with Crippen molar-refractivity contribution in [3.63, 3.8) is 0 Å². The molecule has 0 bridgehead atoms. The monoisotopic (exact) mass is 341 g/mol. The topological polar surface area (TPSA) is 43.7 Å². The van der Waals surface area contributed by atoms with Gasteiger partial charge in [-0.05, 0) is 54.3 Å². The van der Waals surface area contributed by atoms with E-state index in [2.05, 4.69) is 38.7 Å². The van der Waals surface area contributed by atoms with Crippen LogP contribution in [0.15, 0.2) is 24.3 Å². The standard InChI is InChI=1S/C19H31NO2.ClH/c1-14(2)18(22)8-10-20-11-9-19(4,15(3)13-20)16-6-5-7-17(21)12-16;/h5-7,12,14-15,18,21-22H,8-11,13H2,1-4H3;1H/t15-,18+,19-;/m0./s1. The average molecular weight is 342 g/mol. The lowest BCUT2D eigenvalue weighted by atomic mass is 9.68. The maximum absolute atomic E-state index is 9.98. The second-order valence-electron chi connectivity index (χ2n) is 7.52. The van der Waals surface area contributed by atoms with Crippen LogP contribution in [0, 0.1) is 11.8 Å². The minimum atomic E-state index is -0.199. The fraction of sp³-hybridized carbons (Fsp3) is 0.684. The van der Waals surface area contributed by atoms with Crippen LogP contribution in [0.2, 0.25) is 0 Å². The molecule has 0 saturated carbocycles. The molecule has 1 aliphatic rings. The van der Waals surface area contributed by atoms with Gasteiger partial charge in [-0.2, -0.15) is 0 Å². The number of phenolic OH excluding ortho intramolecular Hbond substituents is 1. The summed E-state index contributed by atoms with van der Waals surface area (Å²) in [6.45, 7) is 11.8. The highest BCUT2D eigenvalue weighted by molar-refractivity contribution is 5.85. The molecule has 4 heteroatoms. The maximum atomic E-state index is 9.98. The first kappa shape index (κ1) is 20.3. The molecule has 2 N–H and O–H groups in total. The highest BCUT2D eigenvalue weighted by Crippen LogP contribution is 2.40. The van der Waals surface area contributed by atoms with Crippen molar-refractivity contribution in [2.45, 2.75) is 52.1 Å². The predicted octanol–water partition coefficient (Wildman–Crippen LogP) is 3.82. The van der Waals surface area contributed by atoms with Gasteiger partial charge >= 0.3 is 0 Å². The number of phenols is 1. The number of aliphatic hydroxyl groups is 1. The van der Waals surface area contributed by atoms with Crippen LogP contribution >= 0.6 is 12.4 Å². The summed E-state index contributed by atoms with van der Waals surface area (Å²) in [6, 6.07) is 7.72. The van der Waals surface area contributed by atoms with Gasteiger partial charge in [0.15, 0.2) is 0 Å². The number of likely N-dealkylation sites (tertiary alicyclic amines) is 1. The molecule has 1 saturated heterocycles. The van der Waals surface area contributed by atoms with E-state index in [1.165, 1.54) is 5.56 Å². The minimum Gasteiger partial charge on any atom is -0.508 e. The summed E-state index contributed by atoms with van der Waals surface area (Å²) in [5.74, 6) is 1.22. The smallest absolute Gasteiger partial charge is 0.115 e. The van der Waals surface area contributed by atoms with Crippen molar-refractivity contribution in [3.05, 3.63) is 29.8 Å². The van der Waals surface area contributed by atoms with Crippen molar-refractivity contribution in [2.24, 2.45) is 11.8 Å². The van der Waals surface area contributed by atoms with Gasteiger partial charge in [0.1, 0.15) is 5.75 Å². The molecule has 23 heavy (non-hydrogen) atoms. The van der Waals surface area contributed by atoms with Crippen molar-refractivity contribution in [1.29, 1.82) is 0 Å². The molecule has 0 aromatic heterocycles. The Labute approximate surface area is 147 Å². The van der Waals surface area contributed by atoms with Crippen LogP contribution in [0.1, 0.15) is 46.1 Å². The van der Waals surface area contributed by atoms with Crippen LogP contribution in [-0.4, -0.2) is 40.9 Å². The zero-order valence-corrected chi connectivity index (χ0v) is 15.6. The van der Waals surface area contributed by atoms with Crippen LogP contribution in [-0.2, 0) is 5.41 Å². The summed E-state index contributed by atoms with van der Waals surface area (Å²) in [6.07, 6.45) is 1.75. The minimum absolute atomic E-state index is 0. The normalized spacial score (nSPS) is 26.8. The van der Waals surface area contributed by atoms with Gasteiger partial charge < -0.3 is 15.1 Å². The number of aromatic hydroxyl groups is 1. The molecule has 0 radical (unpaired) electrons. The van der Waals surface area contributed by atoms with Crippen LogP contribution < -0.4 is 0 Å². The molecule has 0 spiro atoms. The predicted molar refractivity (Wildman–Crippen MR) is 98.4 cm³/mol. The summed E-state index contributed by atoms with van der Waals surface area (Å²) in [4.78, 5) is 2.47. The van der Waals surface area contributed by atoms with Crippen molar-refractivity contribution in [2.75, 3.05) is 19.6 Å². The van der Waals surface area contributed by atoms with Crippen molar-refractivity contribution < 1.29 is 10.2 Å². The number of halogens is 1. The van der Waals surface area contributed by atoms with Crippen LogP contribution in [0.3, 0.4) is 0 Å². The van der Waals surface area contributed by atoms with Crippen molar-refractivity contribution in [3.8, 4) is 5.75 Å². The average Bonchev–Trinajstić information content (AvgIpc) is 2.48. The Bertz CT molecular complexity index is 494. The summed E-state index contributed by atoms with van der Waals surface area (Å²) in [7, 11) is 0. The molecule has 0 amide bonds. The van der Waals surface area contributed by atoms with E-state index in [9.17, 15) is 10.2 Å². The van der Waals surface area contributed by atoms with E-state index < -0.39 is 0 Å². The molecule has 0 aliphatic carbocycles. The first-order valence-electron chi connectivity index (χ1n) is 8.53. The first-order chi connectivity index (χ1) is 10.3. The van der Waals surface area contributed by atoms with E-state index in [1.807, 2.05) is 12.1 Å². The Morgan fingerprint density at radius 1 is 1.35 bits per heavy atom. The van der Waals surface area contributed by atoms with Gasteiger partial charge in [0.2, 0.25) is 0 Å². The molecule has 3 atom stereocenters. The molecular formula is C19H32ClNO2. The highest BCUT2D eigenvalue weighted by atomic mass is 35.5. The van der Waals surface area contributed by atoms with Gasteiger partial charge in [-0.15, -0.1) is 12.4 Å². The summed E-state index contributed by atoms with van der Waals surface area (Å²) in [5, 5.41) is 19.7. The van der Waals surface area contributed by atoms with Gasteiger partial charge in [-0.3, -0.25) is 0 Å². The van der Waals surface area contributed by atoms with Gasteiger partial charge in [0.25, 0.3) is 0 Å². The van der Waals surface area contributed by atoms with Crippen molar-refractivity contribution in [1.82, 2.24) is 4.90 Å². The Kier molecular flexibility index (Phi) is 7.37. The molecule has 1 aromatic rings. The second-order valence-corrected chi connectivity index (χ2v) is 7.52. The van der Waals surface area contributed by atoms with E-state index >= 15 is 0 Å². The highest BCUT2D eigenvalue weighted by Gasteiger charge is 2.38. The van der Waals surface area contributed by atoms with Gasteiger partial charge in [0, 0.05) is 13.1 Å². The van der Waals surface area contributed by atoms with Gasteiger partial charge in [0.05, 0.1) is 6.10 Å². The molecule has 132 valence electrons. The third kappa shape index (κ3) is 4.85. The SMILES string of the molecule is CC(C)[C@H](O)CCN1CC[C@](C)(c2cccc(O)c2)[C@@H](C)C1.Cl. The Balaban J connectivity index is 0.00000264. The Morgan fingerprint density at radius 3 is 2.61 bits per heavy atom. The van der Waals surface area contributed by atoms with Crippen LogP contribution in [0.25, 0.3) is 0 Å². The number of hydrogen-bond acceptors (Lipinski definition) is 3. The first-order valence-corrected chi connectivity index (χ1v) is 8.53. The number of hydrogen-bond donors (Lipinski definition) is 2. The van der Waals surface area contributed by atoms with Crippen LogP contribution in [0.5, 0.6) is 5.75 Å². The molecular weight excluding hydrogens is 310 g/mol. The number of nitrogens with zero attached hydrogens (tertiary/aromatic N) is 1. The fourth-order valence-electron chi connectivity index (χ4n) is 3.46. The lowest BCUT2D eigenvalue weighted by Crippen LogP contribution is -2.48.